The summed E-state index contributed by atoms with van der Waals surface area (Å²) in [6, 6.07) is 5.40. The predicted molar refractivity (Wildman–Crippen MR) is 88.4 cm³/mol. The zero-order valence-corrected chi connectivity index (χ0v) is 14.4. The van der Waals surface area contributed by atoms with Gasteiger partial charge in [0.05, 0.1) is 27.2 Å². The summed E-state index contributed by atoms with van der Waals surface area (Å²) in [4.78, 5) is 27.6. The summed E-state index contributed by atoms with van der Waals surface area (Å²) < 4.78 is 15.5. The van der Waals surface area contributed by atoms with E-state index in [1.54, 1.807) is 43.1 Å². The molecule has 0 bridgehead atoms. The summed E-state index contributed by atoms with van der Waals surface area (Å²) in [5.41, 5.74) is 0.787. The lowest BCUT2D eigenvalue weighted by molar-refractivity contribution is -0.132. The summed E-state index contributed by atoms with van der Waals surface area (Å²) in [6.45, 7) is 4.11. The molecule has 1 aromatic rings. The molecule has 0 aliphatic carbocycles. The van der Waals surface area contributed by atoms with Gasteiger partial charge in [0, 0.05) is 31.7 Å². The molecule has 1 heterocycles. The number of hydrogen-bond acceptors (Lipinski definition) is 5. The van der Waals surface area contributed by atoms with Gasteiger partial charge >= 0.3 is 6.09 Å². The van der Waals surface area contributed by atoms with Crippen molar-refractivity contribution in [1.29, 1.82) is 0 Å². The highest BCUT2D eigenvalue weighted by Crippen LogP contribution is 2.25. The van der Waals surface area contributed by atoms with E-state index in [9.17, 15) is 9.59 Å². The van der Waals surface area contributed by atoms with Gasteiger partial charge in [0.2, 0.25) is 5.91 Å². The Kier molecular flexibility index (Phi) is 6.28. The Bertz CT molecular complexity index is 582. The number of nitrogens with zero attached hydrogens (tertiary/aromatic N) is 2. The second kappa shape index (κ2) is 8.42. The van der Waals surface area contributed by atoms with E-state index in [1.165, 1.54) is 0 Å². The minimum Gasteiger partial charge on any atom is -0.497 e. The van der Waals surface area contributed by atoms with Gasteiger partial charge in [-0.05, 0) is 25.1 Å². The average Bonchev–Trinajstić information content (AvgIpc) is 2.62. The normalized spacial score (nSPS) is 14.3. The average molecular weight is 336 g/mol. The topological polar surface area (TPSA) is 68.3 Å². The first-order valence-electron chi connectivity index (χ1n) is 7.99. The Hall–Kier alpha value is -2.44. The summed E-state index contributed by atoms with van der Waals surface area (Å²) >= 11 is 0. The first-order chi connectivity index (χ1) is 11.6. The Morgan fingerprint density at radius 2 is 1.71 bits per heavy atom. The monoisotopic (exact) mass is 336 g/mol. The van der Waals surface area contributed by atoms with Gasteiger partial charge in [-0.2, -0.15) is 0 Å². The predicted octanol–water partition coefficient (Wildman–Crippen LogP) is 1.55. The highest BCUT2D eigenvalue weighted by molar-refractivity contribution is 5.80. The molecule has 1 aliphatic rings. The SMILES string of the molecule is CCOC(=O)N1CCN(C(=O)Cc2cc(OC)ccc2OC)CC1. The number of carbonyl (C=O) groups excluding carboxylic acids is 2. The minimum atomic E-state index is -0.320. The number of amides is 2. The van der Waals surface area contributed by atoms with E-state index in [-0.39, 0.29) is 18.4 Å². The fourth-order valence-corrected chi connectivity index (χ4v) is 2.65. The third-order valence-electron chi connectivity index (χ3n) is 3.99. The highest BCUT2D eigenvalue weighted by atomic mass is 16.6. The van der Waals surface area contributed by atoms with E-state index < -0.39 is 0 Å². The van der Waals surface area contributed by atoms with Gasteiger partial charge in [0.1, 0.15) is 11.5 Å². The molecule has 7 heteroatoms. The number of hydrogen-bond donors (Lipinski definition) is 0. The van der Waals surface area contributed by atoms with Crippen molar-refractivity contribution in [3.63, 3.8) is 0 Å². The molecule has 1 fully saturated rings. The van der Waals surface area contributed by atoms with Crippen molar-refractivity contribution in [1.82, 2.24) is 9.80 Å². The third-order valence-corrected chi connectivity index (χ3v) is 3.99. The zero-order valence-electron chi connectivity index (χ0n) is 14.4. The van der Waals surface area contributed by atoms with Gasteiger partial charge in [-0.1, -0.05) is 0 Å². The maximum atomic E-state index is 12.5. The summed E-state index contributed by atoms with van der Waals surface area (Å²) in [6.07, 6.45) is -0.0844. The molecular formula is C17H24N2O5. The first kappa shape index (κ1) is 17.9. The lowest BCUT2D eigenvalue weighted by Gasteiger charge is -2.34. The number of carbonyl (C=O) groups is 2. The van der Waals surface area contributed by atoms with Gasteiger partial charge in [-0.15, -0.1) is 0 Å². The fraction of sp³-hybridized carbons (Fsp3) is 0.529. The standard InChI is InChI=1S/C17H24N2O5/c1-4-24-17(21)19-9-7-18(8-10-19)16(20)12-13-11-14(22-2)5-6-15(13)23-3/h5-6,11H,4,7-10,12H2,1-3H3. The van der Waals surface area contributed by atoms with Crippen molar-refractivity contribution in [3.8, 4) is 11.5 Å². The van der Waals surface area contributed by atoms with Crippen LogP contribution in [0.4, 0.5) is 4.79 Å². The minimum absolute atomic E-state index is 0.00469. The first-order valence-corrected chi connectivity index (χ1v) is 7.99. The quantitative estimate of drug-likeness (QED) is 0.816. The molecule has 0 N–H and O–H groups in total. The van der Waals surface area contributed by atoms with Gasteiger partial charge < -0.3 is 24.0 Å². The second-order valence-corrected chi connectivity index (χ2v) is 5.42. The molecule has 0 aromatic heterocycles. The van der Waals surface area contributed by atoms with E-state index in [4.69, 9.17) is 14.2 Å². The fourth-order valence-electron chi connectivity index (χ4n) is 2.65. The summed E-state index contributed by atoms with van der Waals surface area (Å²) in [5.74, 6) is 1.35. The van der Waals surface area contributed by atoms with Crippen LogP contribution in [0, 0.1) is 0 Å². The maximum Gasteiger partial charge on any atom is 0.409 e. The molecule has 0 radical (unpaired) electrons. The van der Waals surface area contributed by atoms with Crippen LogP contribution in [0.25, 0.3) is 0 Å². The molecule has 2 amide bonds. The molecule has 7 nitrogen and oxygen atoms in total. The summed E-state index contributed by atoms with van der Waals surface area (Å²) in [5, 5.41) is 0. The van der Waals surface area contributed by atoms with Crippen LogP contribution in [0.5, 0.6) is 11.5 Å². The van der Waals surface area contributed by atoms with Gasteiger partial charge in [-0.3, -0.25) is 4.79 Å². The van der Waals surface area contributed by atoms with Gasteiger partial charge in [0.25, 0.3) is 0 Å². The maximum absolute atomic E-state index is 12.5. The smallest absolute Gasteiger partial charge is 0.409 e. The van der Waals surface area contributed by atoms with E-state index in [1.807, 2.05) is 6.07 Å². The van der Waals surface area contributed by atoms with Crippen LogP contribution in [0.1, 0.15) is 12.5 Å². The Morgan fingerprint density at radius 1 is 1.04 bits per heavy atom. The Balaban J connectivity index is 1.95. The third kappa shape index (κ3) is 4.31. The Morgan fingerprint density at radius 3 is 2.29 bits per heavy atom. The molecule has 1 aliphatic heterocycles. The van der Waals surface area contributed by atoms with Crippen molar-refractivity contribution in [2.75, 3.05) is 47.0 Å². The second-order valence-electron chi connectivity index (χ2n) is 5.42. The molecule has 0 unspecified atom stereocenters. The molecule has 2 rings (SSSR count). The summed E-state index contributed by atoms with van der Waals surface area (Å²) in [7, 11) is 3.16. The van der Waals surface area contributed by atoms with Crippen LogP contribution in [-0.2, 0) is 16.0 Å². The molecule has 0 saturated carbocycles. The van der Waals surface area contributed by atoms with Crippen molar-refractivity contribution < 1.29 is 23.8 Å². The van der Waals surface area contributed by atoms with Gasteiger partial charge in [0.15, 0.2) is 0 Å². The molecule has 1 saturated heterocycles. The van der Waals surface area contributed by atoms with E-state index in [2.05, 4.69) is 0 Å². The van der Waals surface area contributed by atoms with Crippen molar-refractivity contribution in [3.05, 3.63) is 23.8 Å². The number of piperazine rings is 1. The largest absolute Gasteiger partial charge is 0.497 e. The van der Waals surface area contributed by atoms with Crippen LogP contribution in [0.15, 0.2) is 18.2 Å². The number of benzene rings is 1. The zero-order chi connectivity index (χ0) is 17.5. The number of methoxy groups -OCH3 is 2. The van der Waals surface area contributed by atoms with E-state index >= 15 is 0 Å². The van der Waals surface area contributed by atoms with Crippen LogP contribution in [0.3, 0.4) is 0 Å². The number of rotatable bonds is 5. The molecule has 132 valence electrons. The van der Waals surface area contributed by atoms with Crippen LogP contribution < -0.4 is 9.47 Å². The highest BCUT2D eigenvalue weighted by Gasteiger charge is 2.25. The van der Waals surface area contributed by atoms with Crippen LogP contribution in [0.2, 0.25) is 0 Å². The molecule has 1 aromatic carbocycles. The van der Waals surface area contributed by atoms with Crippen LogP contribution >= 0.6 is 0 Å². The molecule has 0 spiro atoms. The molecule has 0 atom stereocenters. The lowest BCUT2D eigenvalue weighted by Crippen LogP contribution is -2.51. The van der Waals surface area contributed by atoms with Gasteiger partial charge in [-0.25, -0.2) is 4.79 Å². The van der Waals surface area contributed by atoms with Crippen LogP contribution in [-0.4, -0.2) is 68.8 Å². The lowest BCUT2D eigenvalue weighted by atomic mass is 10.1. The molecular weight excluding hydrogens is 312 g/mol. The number of ether oxygens (including phenoxy) is 3. The Labute approximate surface area is 142 Å². The van der Waals surface area contributed by atoms with E-state index in [0.29, 0.717) is 44.3 Å². The van der Waals surface area contributed by atoms with E-state index in [0.717, 1.165) is 5.56 Å². The van der Waals surface area contributed by atoms with Crippen molar-refractivity contribution in [2.24, 2.45) is 0 Å². The van der Waals surface area contributed by atoms with Crippen molar-refractivity contribution >= 4 is 12.0 Å². The molecule has 24 heavy (non-hydrogen) atoms. The van der Waals surface area contributed by atoms with Crippen molar-refractivity contribution in [2.45, 2.75) is 13.3 Å².